The summed E-state index contributed by atoms with van der Waals surface area (Å²) in [7, 11) is 0. The van der Waals surface area contributed by atoms with Crippen molar-refractivity contribution in [2.24, 2.45) is 0 Å². The molecular formula is C18H23N3O. The number of ketones is 1. The minimum atomic E-state index is 0.0174. The monoisotopic (exact) mass is 297 g/mol. The molecule has 1 N–H and O–H groups in total. The van der Waals surface area contributed by atoms with Gasteiger partial charge in [-0.3, -0.25) is 9.69 Å². The van der Waals surface area contributed by atoms with Crippen LogP contribution in [0.1, 0.15) is 42.6 Å². The van der Waals surface area contributed by atoms with E-state index in [1.54, 1.807) is 25.1 Å². The molecule has 0 amide bonds. The number of likely N-dealkylation sites (tertiary alicyclic amines) is 1. The number of anilines is 1. The van der Waals surface area contributed by atoms with Crippen molar-refractivity contribution in [3.63, 3.8) is 0 Å². The molecule has 4 heteroatoms. The summed E-state index contributed by atoms with van der Waals surface area (Å²) in [6.07, 6.45) is 2.06. The second-order valence-electron chi connectivity index (χ2n) is 6.08. The van der Waals surface area contributed by atoms with Crippen LogP contribution in [0.25, 0.3) is 0 Å². The van der Waals surface area contributed by atoms with E-state index in [0.717, 1.165) is 38.2 Å². The lowest BCUT2D eigenvalue weighted by Gasteiger charge is -2.33. The molecule has 0 spiro atoms. The van der Waals surface area contributed by atoms with Crippen molar-refractivity contribution in [1.82, 2.24) is 4.90 Å². The summed E-state index contributed by atoms with van der Waals surface area (Å²) in [5.41, 5.74) is 3.19. The molecule has 0 saturated carbocycles. The number of hydrogen-bond acceptors (Lipinski definition) is 4. The van der Waals surface area contributed by atoms with E-state index in [1.807, 2.05) is 0 Å². The van der Waals surface area contributed by atoms with E-state index in [-0.39, 0.29) is 5.78 Å². The second kappa shape index (κ2) is 7.24. The van der Waals surface area contributed by atoms with Gasteiger partial charge >= 0.3 is 0 Å². The molecule has 1 aliphatic rings. The molecule has 0 aliphatic carbocycles. The zero-order valence-electron chi connectivity index (χ0n) is 13.4. The second-order valence-corrected chi connectivity index (χ2v) is 6.08. The van der Waals surface area contributed by atoms with E-state index < -0.39 is 0 Å². The van der Waals surface area contributed by atoms with Crippen LogP contribution in [-0.4, -0.2) is 36.4 Å². The number of nitrogens with zero attached hydrogens (tertiary/aromatic N) is 2. The van der Waals surface area contributed by atoms with Crippen LogP contribution >= 0.6 is 0 Å². The third-order valence-electron chi connectivity index (χ3n) is 3.99. The molecule has 0 bridgehead atoms. The minimum Gasteiger partial charge on any atom is -0.381 e. The topological polar surface area (TPSA) is 56.1 Å². The Kier molecular flexibility index (Phi) is 5.35. The fourth-order valence-corrected chi connectivity index (χ4v) is 2.82. The van der Waals surface area contributed by atoms with Crippen molar-refractivity contribution >= 4 is 11.5 Å². The van der Waals surface area contributed by atoms with Crippen molar-refractivity contribution in [3.8, 4) is 6.07 Å². The van der Waals surface area contributed by atoms with Gasteiger partial charge in [-0.2, -0.15) is 5.26 Å². The van der Waals surface area contributed by atoms with Gasteiger partial charge in [-0.05, 0) is 44.9 Å². The maximum absolute atomic E-state index is 11.5. The fourth-order valence-electron chi connectivity index (χ4n) is 2.82. The number of benzene rings is 1. The van der Waals surface area contributed by atoms with Crippen LogP contribution in [0.15, 0.2) is 30.4 Å². The normalized spacial score (nSPS) is 16.0. The van der Waals surface area contributed by atoms with Gasteiger partial charge in [0.15, 0.2) is 5.78 Å². The molecule has 1 heterocycles. The van der Waals surface area contributed by atoms with Gasteiger partial charge in [-0.15, -0.1) is 0 Å². The van der Waals surface area contributed by atoms with Crippen molar-refractivity contribution < 1.29 is 4.79 Å². The summed E-state index contributed by atoms with van der Waals surface area (Å²) < 4.78 is 0. The van der Waals surface area contributed by atoms with Gasteiger partial charge in [0.2, 0.25) is 0 Å². The Hall–Kier alpha value is -2.12. The number of nitriles is 1. The highest BCUT2D eigenvalue weighted by molar-refractivity contribution is 5.95. The lowest BCUT2D eigenvalue weighted by molar-refractivity contribution is 0.101. The Morgan fingerprint density at radius 3 is 2.64 bits per heavy atom. The van der Waals surface area contributed by atoms with E-state index in [2.05, 4.69) is 29.8 Å². The van der Waals surface area contributed by atoms with Crippen molar-refractivity contribution in [3.05, 3.63) is 41.5 Å². The number of piperidine rings is 1. The standard InChI is InChI=1S/C18H23N3O/c1-13(2)12-21-8-6-17(7-9-21)20-18-10-15(14(3)22)4-5-16(18)11-19/h4-5,10,17,20H,1,6-9,12H2,2-3H3. The molecule has 0 aromatic heterocycles. The van der Waals surface area contributed by atoms with Gasteiger partial charge < -0.3 is 5.32 Å². The molecular weight excluding hydrogens is 274 g/mol. The number of nitrogens with one attached hydrogen (secondary N) is 1. The zero-order chi connectivity index (χ0) is 16.1. The first kappa shape index (κ1) is 16.3. The summed E-state index contributed by atoms with van der Waals surface area (Å²) in [5, 5.41) is 12.7. The van der Waals surface area contributed by atoms with Crippen LogP contribution in [-0.2, 0) is 0 Å². The van der Waals surface area contributed by atoms with Gasteiger partial charge in [-0.25, -0.2) is 0 Å². The highest BCUT2D eigenvalue weighted by Crippen LogP contribution is 2.22. The third kappa shape index (κ3) is 4.19. The number of rotatable bonds is 5. The van der Waals surface area contributed by atoms with Gasteiger partial charge in [0.25, 0.3) is 0 Å². The highest BCUT2D eigenvalue weighted by Gasteiger charge is 2.20. The van der Waals surface area contributed by atoms with Crippen LogP contribution < -0.4 is 5.32 Å². The minimum absolute atomic E-state index is 0.0174. The first-order chi connectivity index (χ1) is 10.5. The molecule has 1 aromatic carbocycles. The number of hydrogen-bond donors (Lipinski definition) is 1. The van der Waals surface area contributed by atoms with Crippen molar-refractivity contribution in [2.75, 3.05) is 25.0 Å². The highest BCUT2D eigenvalue weighted by atomic mass is 16.1. The van der Waals surface area contributed by atoms with Gasteiger partial charge in [0.1, 0.15) is 6.07 Å². The molecule has 1 aromatic rings. The number of Topliss-reactive ketones (excluding diaryl/α,β-unsaturated/α-hetero) is 1. The Balaban J connectivity index is 2.02. The van der Waals surface area contributed by atoms with Crippen LogP contribution in [0.3, 0.4) is 0 Å². The number of carbonyl (C=O) groups excluding carboxylic acids is 1. The van der Waals surface area contributed by atoms with Gasteiger partial charge in [0, 0.05) is 31.2 Å². The molecule has 22 heavy (non-hydrogen) atoms. The Labute approximate surface area is 132 Å². The zero-order valence-corrected chi connectivity index (χ0v) is 13.4. The summed E-state index contributed by atoms with van der Waals surface area (Å²) in [4.78, 5) is 13.9. The summed E-state index contributed by atoms with van der Waals surface area (Å²) >= 11 is 0. The first-order valence-electron chi connectivity index (χ1n) is 7.68. The quantitative estimate of drug-likeness (QED) is 0.670. The Morgan fingerprint density at radius 2 is 2.09 bits per heavy atom. The average molecular weight is 297 g/mol. The lowest BCUT2D eigenvalue weighted by atomic mass is 10.0. The van der Waals surface area contributed by atoms with Crippen molar-refractivity contribution in [1.29, 1.82) is 5.26 Å². The van der Waals surface area contributed by atoms with Gasteiger partial charge in [0.05, 0.1) is 11.3 Å². The Bertz CT molecular complexity index is 607. The molecule has 1 saturated heterocycles. The number of carbonyl (C=O) groups is 1. The maximum Gasteiger partial charge on any atom is 0.159 e. The molecule has 0 radical (unpaired) electrons. The molecule has 116 valence electrons. The molecule has 0 unspecified atom stereocenters. The van der Waals surface area contributed by atoms with E-state index in [9.17, 15) is 10.1 Å². The molecule has 0 atom stereocenters. The first-order valence-corrected chi connectivity index (χ1v) is 7.68. The summed E-state index contributed by atoms with van der Waals surface area (Å²) in [6, 6.07) is 7.75. The largest absolute Gasteiger partial charge is 0.381 e. The molecule has 2 rings (SSSR count). The molecule has 1 aliphatic heterocycles. The smallest absolute Gasteiger partial charge is 0.159 e. The van der Waals surface area contributed by atoms with E-state index in [4.69, 9.17) is 0 Å². The molecule has 4 nitrogen and oxygen atoms in total. The van der Waals surface area contributed by atoms with Crippen molar-refractivity contribution in [2.45, 2.75) is 32.7 Å². The fraction of sp³-hybridized carbons (Fsp3) is 0.444. The van der Waals surface area contributed by atoms with Crippen LogP contribution in [0.5, 0.6) is 0 Å². The van der Waals surface area contributed by atoms with Gasteiger partial charge in [-0.1, -0.05) is 12.2 Å². The van der Waals surface area contributed by atoms with Crippen LogP contribution in [0.2, 0.25) is 0 Å². The Morgan fingerprint density at radius 1 is 1.41 bits per heavy atom. The summed E-state index contributed by atoms with van der Waals surface area (Å²) in [6.45, 7) is 10.6. The predicted octanol–water partition coefficient (Wildman–Crippen LogP) is 3.21. The van der Waals surface area contributed by atoms with E-state index >= 15 is 0 Å². The van der Waals surface area contributed by atoms with E-state index in [1.165, 1.54) is 5.57 Å². The predicted molar refractivity (Wildman–Crippen MR) is 89.1 cm³/mol. The third-order valence-corrected chi connectivity index (χ3v) is 3.99. The van der Waals surface area contributed by atoms with E-state index in [0.29, 0.717) is 17.2 Å². The van der Waals surface area contributed by atoms with Crippen LogP contribution in [0.4, 0.5) is 5.69 Å². The maximum atomic E-state index is 11.5. The SMILES string of the molecule is C=C(C)CN1CCC(Nc2cc(C(C)=O)ccc2C#N)CC1. The van der Waals surface area contributed by atoms with Crippen LogP contribution in [0, 0.1) is 11.3 Å². The average Bonchev–Trinajstić information content (AvgIpc) is 2.48. The lowest BCUT2D eigenvalue weighted by Crippen LogP contribution is -2.39. The summed E-state index contributed by atoms with van der Waals surface area (Å²) in [5.74, 6) is 0.0174. The molecule has 1 fully saturated rings.